The third kappa shape index (κ3) is 6.77. The van der Waals surface area contributed by atoms with Crippen molar-refractivity contribution in [1.29, 1.82) is 0 Å². The van der Waals surface area contributed by atoms with Gasteiger partial charge in [-0.2, -0.15) is 0 Å². The number of ether oxygens (including phenoxy) is 4. The molecule has 0 saturated carbocycles. The van der Waals surface area contributed by atoms with E-state index in [9.17, 15) is 9.90 Å². The highest BCUT2D eigenvalue weighted by Gasteiger charge is 2.19. The molecular weight excluding hydrogens is 518 g/mol. The summed E-state index contributed by atoms with van der Waals surface area (Å²) in [7, 11) is 1.79. The Labute approximate surface area is 240 Å². The first-order valence-corrected chi connectivity index (χ1v) is 13.6. The first-order chi connectivity index (χ1) is 20.1. The second-order valence-electron chi connectivity index (χ2n) is 9.60. The molecule has 41 heavy (non-hydrogen) atoms. The summed E-state index contributed by atoms with van der Waals surface area (Å²) in [6.07, 6.45) is 0.163. The van der Waals surface area contributed by atoms with Gasteiger partial charge in [-0.15, -0.1) is 0 Å². The molecule has 0 bridgehead atoms. The van der Waals surface area contributed by atoms with E-state index in [0.717, 1.165) is 45.8 Å². The number of hydrogen-bond acceptors (Lipinski definition) is 7. The van der Waals surface area contributed by atoms with Crippen LogP contribution < -0.4 is 24.3 Å². The van der Waals surface area contributed by atoms with Gasteiger partial charge in [0.15, 0.2) is 11.5 Å². The van der Waals surface area contributed by atoms with Crippen LogP contribution in [0.1, 0.15) is 40.4 Å². The van der Waals surface area contributed by atoms with Crippen molar-refractivity contribution in [2.75, 3.05) is 27.0 Å². The molecule has 4 aromatic rings. The first-order valence-electron chi connectivity index (χ1n) is 13.6. The Morgan fingerprint density at radius 2 is 1.46 bits per heavy atom. The second-order valence-corrected chi connectivity index (χ2v) is 9.60. The Balaban J connectivity index is 1.48. The molecule has 0 aliphatic carbocycles. The highest BCUT2D eigenvalue weighted by atomic mass is 16.7. The maximum Gasteiger partial charge on any atom is 0.343 e. The van der Waals surface area contributed by atoms with Crippen molar-refractivity contribution in [2.24, 2.45) is 0 Å². The number of aliphatic hydroxyl groups excluding tert-OH is 1. The summed E-state index contributed by atoms with van der Waals surface area (Å²) in [5, 5.41) is 12.9. The van der Waals surface area contributed by atoms with E-state index < -0.39 is 12.1 Å². The van der Waals surface area contributed by atoms with Crippen LogP contribution in [0.4, 0.5) is 0 Å². The molecule has 1 aliphatic rings. The van der Waals surface area contributed by atoms with Crippen LogP contribution in [0.5, 0.6) is 23.0 Å². The molecule has 7 nitrogen and oxygen atoms in total. The summed E-state index contributed by atoms with van der Waals surface area (Å²) in [6.45, 7) is 2.99. The lowest BCUT2D eigenvalue weighted by molar-refractivity contribution is 0.0734. The van der Waals surface area contributed by atoms with Crippen molar-refractivity contribution in [3.8, 4) is 23.0 Å². The van der Waals surface area contributed by atoms with E-state index in [1.54, 1.807) is 31.3 Å². The maximum atomic E-state index is 12.6. The monoisotopic (exact) mass is 551 g/mol. The summed E-state index contributed by atoms with van der Waals surface area (Å²) in [6, 6.07) is 30.3. The molecular formula is C34H33NO6. The summed E-state index contributed by atoms with van der Waals surface area (Å²) < 4.78 is 22.6. The summed E-state index contributed by atoms with van der Waals surface area (Å²) in [5.41, 5.74) is 5.65. The number of benzene rings is 4. The third-order valence-electron chi connectivity index (χ3n) is 6.76. The van der Waals surface area contributed by atoms with Crippen LogP contribution in [0, 0.1) is 0 Å². The van der Waals surface area contributed by atoms with E-state index in [0.29, 0.717) is 23.6 Å². The summed E-state index contributed by atoms with van der Waals surface area (Å²) in [5.74, 6) is 2.19. The molecule has 1 heterocycles. The third-order valence-corrected chi connectivity index (χ3v) is 6.76. The lowest BCUT2D eigenvalue weighted by atomic mass is 9.88. The fourth-order valence-corrected chi connectivity index (χ4v) is 4.76. The molecule has 1 unspecified atom stereocenters. The van der Waals surface area contributed by atoms with Crippen LogP contribution in [0.3, 0.4) is 0 Å². The van der Waals surface area contributed by atoms with Crippen LogP contribution in [-0.2, 0) is 0 Å². The van der Waals surface area contributed by atoms with Gasteiger partial charge in [-0.3, -0.25) is 0 Å². The second kappa shape index (κ2) is 13.2. The SMILES string of the molecule is CCC(=C(c1ccc(OCC(O)CNC)cc1)c1ccc(OC(=O)c2ccccc2)cc1)c1ccc2c(c1)OCO2. The van der Waals surface area contributed by atoms with E-state index in [-0.39, 0.29) is 13.4 Å². The van der Waals surface area contributed by atoms with E-state index in [1.807, 2.05) is 72.8 Å². The molecule has 1 aliphatic heterocycles. The van der Waals surface area contributed by atoms with Gasteiger partial charge >= 0.3 is 5.97 Å². The van der Waals surface area contributed by atoms with Gasteiger partial charge in [0.1, 0.15) is 24.2 Å². The van der Waals surface area contributed by atoms with Gasteiger partial charge in [-0.1, -0.05) is 55.5 Å². The van der Waals surface area contributed by atoms with Crippen LogP contribution >= 0.6 is 0 Å². The average molecular weight is 552 g/mol. The molecule has 1 atom stereocenters. The quantitative estimate of drug-likeness (QED) is 0.135. The zero-order chi connectivity index (χ0) is 28.6. The standard InChI is InChI=1S/C34H33NO6/c1-3-30(26-13-18-31-32(19-26)40-22-39-31)33(23-9-14-28(15-10-23)38-21-27(36)20-35-2)24-11-16-29(17-12-24)41-34(37)25-7-5-4-6-8-25/h4-19,27,35-36H,3,20-22H2,1-2H3. The van der Waals surface area contributed by atoms with Crippen LogP contribution in [0.2, 0.25) is 0 Å². The summed E-state index contributed by atoms with van der Waals surface area (Å²) in [4.78, 5) is 12.6. The number of nitrogens with one attached hydrogen (secondary N) is 1. The number of esters is 1. The van der Waals surface area contributed by atoms with E-state index >= 15 is 0 Å². The minimum atomic E-state index is -0.595. The molecule has 4 aromatic carbocycles. The molecule has 2 N–H and O–H groups in total. The van der Waals surface area contributed by atoms with Gasteiger partial charge in [0, 0.05) is 6.54 Å². The Morgan fingerprint density at radius 1 is 0.829 bits per heavy atom. The van der Waals surface area contributed by atoms with Gasteiger partial charge in [-0.25, -0.2) is 4.79 Å². The Hall–Kier alpha value is -4.59. The number of likely N-dealkylation sites (N-methyl/N-ethyl adjacent to an activating group) is 1. The minimum Gasteiger partial charge on any atom is -0.491 e. The Morgan fingerprint density at radius 3 is 2.12 bits per heavy atom. The smallest absolute Gasteiger partial charge is 0.343 e. The topological polar surface area (TPSA) is 86.2 Å². The van der Waals surface area contributed by atoms with Gasteiger partial charge in [0.25, 0.3) is 0 Å². The van der Waals surface area contributed by atoms with Gasteiger partial charge in [-0.05, 0) is 89.8 Å². The molecule has 5 rings (SSSR count). The van der Waals surface area contributed by atoms with E-state index in [2.05, 4.69) is 12.2 Å². The van der Waals surface area contributed by atoms with Crippen molar-refractivity contribution < 1.29 is 28.8 Å². The molecule has 0 amide bonds. The van der Waals surface area contributed by atoms with Crippen molar-refractivity contribution >= 4 is 17.1 Å². The number of rotatable bonds is 11. The fraction of sp³-hybridized carbons (Fsp3) is 0.206. The lowest BCUT2D eigenvalue weighted by Gasteiger charge is -2.18. The van der Waals surface area contributed by atoms with Crippen LogP contribution in [0.15, 0.2) is 97.1 Å². The summed E-state index contributed by atoms with van der Waals surface area (Å²) >= 11 is 0. The van der Waals surface area contributed by atoms with Crippen LogP contribution in [-0.4, -0.2) is 44.2 Å². The zero-order valence-corrected chi connectivity index (χ0v) is 23.1. The molecule has 210 valence electrons. The minimum absolute atomic E-state index is 0.198. The zero-order valence-electron chi connectivity index (χ0n) is 23.1. The van der Waals surface area contributed by atoms with E-state index in [1.165, 1.54) is 0 Å². The Kier molecular flexibility index (Phi) is 8.98. The molecule has 0 aromatic heterocycles. The number of carbonyl (C=O) groups is 1. The number of allylic oxidation sites excluding steroid dienone is 1. The number of fused-ring (bicyclic) bond motifs is 1. The van der Waals surface area contributed by atoms with Crippen molar-refractivity contribution in [3.05, 3.63) is 119 Å². The number of aliphatic hydroxyl groups is 1. The first kappa shape index (κ1) is 28.0. The average Bonchev–Trinajstić information content (AvgIpc) is 3.48. The number of carbonyl (C=O) groups excluding carboxylic acids is 1. The van der Waals surface area contributed by atoms with Crippen molar-refractivity contribution in [1.82, 2.24) is 5.32 Å². The van der Waals surface area contributed by atoms with Gasteiger partial charge < -0.3 is 29.4 Å². The van der Waals surface area contributed by atoms with Gasteiger partial charge in [0.05, 0.1) is 5.56 Å². The van der Waals surface area contributed by atoms with Crippen molar-refractivity contribution in [3.63, 3.8) is 0 Å². The van der Waals surface area contributed by atoms with Gasteiger partial charge in [0.2, 0.25) is 6.79 Å². The lowest BCUT2D eigenvalue weighted by Crippen LogP contribution is -2.29. The highest BCUT2D eigenvalue weighted by Crippen LogP contribution is 2.40. The largest absolute Gasteiger partial charge is 0.491 e. The Bertz CT molecular complexity index is 1500. The normalized spacial score (nSPS) is 13.3. The molecule has 0 fully saturated rings. The molecule has 7 heteroatoms. The highest BCUT2D eigenvalue weighted by molar-refractivity contribution is 5.99. The predicted octanol–water partition coefficient (Wildman–Crippen LogP) is 5.96. The molecule has 0 saturated heterocycles. The molecule has 0 spiro atoms. The maximum absolute atomic E-state index is 12.6. The number of hydrogen-bond donors (Lipinski definition) is 2. The van der Waals surface area contributed by atoms with Crippen molar-refractivity contribution in [2.45, 2.75) is 19.4 Å². The fourth-order valence-electron chi connectivity index (χ4n) is 4.76. The van der Waals surface area contributed by atoms with Crippen LogP contribution in [0.25, 0.3) is 11.1 Å². The van der Waals surface area contributed by atoms with E-state index in [4.69, 9.17) is 18.9 Å². The predicted molar refractivity (Wildman–Crippen MR) is 158 cm³/mol. The molecule has 0 radical (unpaired) electrons.